The number of halogens is 1. The Bertz CT molecular complexity index is 450. The number of nitrogens with one attached hydrogen (secondary N) is 2. The number of carbonyl (C=O) groups excluding carboxylic acids is 2. The van der Waals surface area contributed by atoms with Crippen LogP contribution in [-0.4, -0.2) is 18.4 Å². The number of carbonyl (C=O) groups is 2. The summed E-state index contributed by atoms with van der Waals surface area (Å²) in [5.41, 5.74) is 6.84. The summed E-state index contributed by atoms with van der Waals surface area (Å²) in [4.78, 5) is 23.0. The zero-order valence-electron chi connectivity index (χ0n) is 11.8. The third-order valence-corrected chi connectivity index (χ3v) is 2.50. The predicted molar refractivity (Wildman–Crippen MR) is 83.8 cm³/mol. The highest BCUT2D eigenvalue weighted by Crippen LogP contribution is 2.16. The number of rotatable bonds is 6. The molecule has 112 valence electrons. The van der Waals surface area contributed by atoms with Crippen LogP contribution in [0.3, 0.4) is 0 Å². The van der Waals surface area contributed by atoms with E-state index in [1.54, 1.807) is 24.3 Å². The number of amides is 2. The largest absolute Gasteiger partial charge is 0.397 e. The molecule has 1 aromatic carbocycles. The van der Waals surface area contributed by atoms with Gasteiger partial charge in [-0.05, 0) is 18.1 Å². The van der Waals surface area contributed by atoms with E-state index in [4.69, 9.17) is 5.73 Å². The second-order valence-corrected chi connectivity index (χ2v) is 4.83. The Morgan fingerprint density at radius 1 is 1.20 bits per heavy atom. The number of hydrogen-bond acceptors (Lipinski definition) is 3. The van der Waals surface area contributed by atoms with Gasteiger partial charge in [0.1, 0.15) is 0 Å². The van der Waals surface area contributed by atoms with Gasteiger partial charge in [-0.15, -0.1) is 12.4 Å². The normalized spacial score (nSPS) is 9.75. The van der Waals surface area contributed by atoms with Gasteiger partial charge in [-0.25, -0.2) is 0 Å². The highest BCUT2D eigenvalue weighted by Gasteiger charge is 2.07. The van der Waals surface area contributed by atoms with E-state index in [2.05, 4.69) is 10.6 Å². The van der Waals surface area contributed by atoms with E-state index in [9.17, 15) is 9.59 Å². The number of para-hydroxylation sites is 2. The van der Waals surface area contributed by atoms with Crippen LogP contribution < -0.4 is 16.4 Å². The Labute approximate surface area is 125 Å². The molecule has 0 aromatic heterocycles. The number of benzene rings is 1. The van der Waals surface area contributed by atoms with Crippen molar-refractivity contribution in [1.82, 2.24) is 5.32 Å². The topological polar surface area (TPSA) is 84.2 Å². The third kappa shape index (κ3) is 6.99. The average Bonchev–Trinajstić information content (AvgIpc) is 2.31. The molecule has 0 atom stereocenters. The Morgan fingerprint density at radius 3 is 2.45 bits per heavy atom. The zero-order chi connectivity index (χ0) is 14.3. The molecule has 5 nitrogen and oxygen atoms in total. The molecular formula is C14H22ClN3O2. The van der Waals surface area contributed by atoms with Gasteiger partial charge in [-0.1, -0.05) is 26.0 Å². The van der Waals surface area contributed by atoms with Crippen molar-refractivity contribution in [3.63, 3.8) is 0 Å². The maximum atomic E-state index is 11.7. The minimum absolute atomic E-state index is 0. The summed E-state index contributed by atoms with van der Waals surface area (Å²) in [6.07, 6.45) is 0.714. The van der Waals surface area contributed by atoms with Crippen LogP contribution >= 0.6 is 12.4 Å². The van der Waals surface area contributed by atoms with E-state index in [1.165, 1.54) is 0 Å². The van der Waals surface area contributed by atoms with Gasteiger partial charge in [0.15, 0.2) is 0 Å². The number of hydrogen-bond donors (Lipinski definition) is 3. The van der Waals surface area contributed by atoms with E-state index < -0.39 is 0 Å². The van der Waals surface area contributed by atoms with Crippen molar-refractivity contribution in [2.24, 2.45) is 5.92 Å². The molecule has 0 spiro atoms. The second kappa shape index (κ2) is 9.20. The molecule has 6 heteroatoms. The van der Waals surface area contributed by atoms with Crippen LogP contribution in [0.1, 0.15) is 26.7 Å². The van der Waals surface area contributed by atoms with Gasteiger partial charge in [0, 0.05) is 19.4 Å². The van der Waals surface area contributed by atoms with E-state index in [1.807, 2.05) is 13.8 Å². The molecule has 1 aromatic rings. The molecule has 0 saturated heterocycles. The molecule has 1 rings (SSSR count). The monoisotopic (exact) mass is 299 g/mol. The van der Waals surface area contributed by atoms with Crippen LogP contribution in [0.2, 0.25) is 0 Å². The third-order valence-electron chi connectivity index (χ3n) is 2.50. The molecule has 2 amide bonds. The maximum absolute atomic E-state index is 11.7. The van der Waals surface area contributed by atoms with Crippen LogP contribution in [0.15, 0.2) is 24.3 Å². The first-order valence-electron chi connectivity index (χ1n) is 6.40. The molecule has 20 heavy (non-hydrogen) atoms. The number of nitrogens with two attached hydrogens (primary N) is 1. The van der Waals surface area contributed by atoms with Gasteiger partial charge in [0.25, 0.3) is 0 Å². The molecule has 0 bridgehead atoms. The van der Waals surface area contributed by atoms with Gasteiger partial charge in [-0.3, -0.25) is 9.59 Å². The van der Waals surface area contributed by atoms with E-state index >= 15 is 0 Å². The second-order valence-electron chi connectivity index (χ2n) is 4.83. The highest BCUT2D eigenvalue weighted by atomic mass is 35.5. The average molecular weight is 300 g/mol. The first-order chi connectivity index (χ1) is 8.99. The molecule has 0 heterocycles. The summed E-state index contributed by atoms with van der Waals surface area (Å²) in [7, 11) is 0. The van der Waals surface area contributed by atoms with E-state index in [0.29, 0.717) is 30.3 Å². The number of anilines is 2. The molecule has 0 radical (unpaired) electrons. The van der Waals surface area contributed by atoms with Gasteiger partial charge < -0.3 is 16.4 Å². The SMILES string of the molecule is CC(C)CC(=O)NCCC(=O)Nc1ccccc1N.Cl. The summed E-state index contributed by atoms with van der Waals surface area (Å²) < 4.78 is 0. The smallest absolute Gasteiger partial charge is 0.226 e. The van der Waals surface area contributed by atoms with E-state index in [0.717, 1.165) is 0 Å². The minimum Gasteiger partial charge on any atom is -0.397 e. The van der Waals surface area contributed by atoms with Crippen LogP contribution in [0.25, 0.3) is 0 Å². The molecule has 0 saturated carbocycles. The summed E-state index contributed by atoms with van der Waals surface area (Å²) >= 11 is 0. The molecule has 4 N–H and O–H groups in total. The van der Waals surface area contributed by atoms with Crippen molar-refractivity contribution in [3.05, 3.63) is 24.3 Å². The molecule has 0 aliphatic rings. The Morgan fingerprint density at radius 2 is 1.85 bits per heavy atom. The van der Waals surface area contributed by atoms with Crippen molar-refractivity contribution >= 4 is 35.6 Å². The predicted octanol–water partition coefficient (Wildman–Crippen LogP) is 2.18. The van der Waals surface area contributed by atoms with Crippen molar-refractivity contribution in [3.8, 4) is 0 Å². The van der Waals surface area contributed by atoms with Crippen LogP contribution in [0, 0.1) is 5.92 Å². The fraction of sp³-hybridized carbons (Fsp3) is 0.429. The van der Waals surface area contributed by atoms with Gasteiger partial charge in [-0.2, -0.15) is 0 Å². The van der Waals surface area contributed by atoms with Gasteiger partial charge >= 0.3 is 0 Å². The fourth-order valence-corrected chi connectivity index (χ4v) is 1.58. The van der Waals surface area contributed by atoms with Gasteiger partial charge in [0.2, 0.25) is 11.8 Å². The van der Waals surface area contributed by atoms with Crippen molar-refractivity contribution < 1.29 is 9.59 Å². The lowest BCUT2D eigenvalue weighted by molar-refractivity contribution is -0.121. The van der Waals surface area contributed by atoms with Crippen LogP contribution in [0.5, 0.6) is 0 Å². The first-order valence-corrected chi connectivity index (χ1v) is 6.40. The van der Waals surface area contributed by atoms with Crippen LogP contribution in [-0.2, 0) is 9.59 Å². The van der Waals surface area contributed by atoms with Crippen molar-refractivity contribution in [2.45, 2.75) is 26.7 Å². The first kappa shape index (κ1) is 18.2. The molecule has 0 aliphatic heterocycles. The van der Waals surface area contributed by atoms with Crippen molar-refractivity contribution in [1.29, 1.82) is 0 Å². The fourth-order valence-electron chi connectivity index (χ4n) is 1.58. The Balaban J connectivity index is 0.00000361. The minimum atomic E-state index is -0.164. The lowest BCUT2D eigenvalue weighted by Crippen LogP contribution is -2.28. The quantitative estimate of drug-likeness (QED) is 0.704. The lowest BCUT2D eigenvalue weighted by atomic mass is 10.1. The molecule has 0 aliphatic carbocycles. The molecule has 0 fully saturated rings. The van der Waals surface area contributed by atoms with E-state index in [-0.39, 0.29) is 30.6 Å². The summed E-state index contributed by atoms with van der Waals surface area (Å²) in [5, 5.41) is 5.42. The van der Waals surface area contributed by atoms with Crippen molar-refractivity contribution in [2.75, 3.05) is 17.6 Å². The lowest BCUT2D eigenvalue weighted by Gasteiger charge is -2.09. The molecular weight excluding hydrogens is 278 g/mol. The zero-order valence-corrected chi connectivity index (χ0v) is 12.6. The highest BCUT2D eigenvalue weighted by molar-refractivity contribution is 5.94. The Hall–Kier alpha value is -1.75. The number of nitrogen functional groups attached to an aromatic ring is 1. The molecule has 0 unspecified atom stereocenters. The Kier molecular flexibility index (Phi) is 8.40. The summed E-state index contributed by atoms with van der Waals surface area (Å²) in [6, 6.07) is 7.07. The standard InChI is InChI=1S/C14H21N3O2.ClH/c1-10(2)9-14(19)16-8-7-13(18)17-12-6-4-3-5-11(12)15;/h3-6,10H,7-9,15H2,1-2H3,(H,16,19)(H,17,18);1H. The van der Waals surface area contributed by atoms with Gasteiger partial charge in [0.05, 0.1) is 11.4 Å². The summed E-state index contributed by atoms with van der Waals surface area (Å²) in [6.45, 7) is 4.29. The maximum Gasteiger partial charge on any atom is 0.226 e. The van der Waals surface area contributed by atoms with Crippen LogP contribution in [0.4, 0.5) is 11.4 Å². The summed E-state index contributed by atoms with van der Waals surface area (Å²) in [5.74, 6) is 0.128.